The van der Waals surface area contributed by atoms with Gasteiger partial charge in [-0.3, -0.25) is 9.59 Å². The first-order valence-electron chi connectivity index (χ1n) is 8.90. The molecule has 2 atom stereocenters. The van der Waals surface area contributed by atoms with E-state index >= 15 is 0 Å². The van der Waals surface area contributed by atoms with Gasteiger partial charge >= 0.3 is 0 Å². The molecule has 0 bridgehead atoms. The van der Waals surface area contributed by atoms with Crippen molar-refractivity contribution >= 4 is 17.5 Å². The van der Waals surface area contributed by atoms with Crippen LogP contribution in [0.3, 0.4) is 0 Å². The number of rotatable bonds is 2. The zero-order valence-corrected chi connectivity index (χ0v) is 14.7. The van der Waals surface area contributed by atoms with E-state index in [1.54, 1.807) is 0 Å². The summed E-state index contributed by atoms with van der Waals surface area (Å²) in [5, 5.41) is 0. The van der Waals surface area contributed by atoms with E-state index in [1.165, 1.54) is 20.9 Å². The molecule has 2 heterocycles. The molecule has 4 rings (SSSR count). The summed E-state index contributed by atoms with van der Waals surface area (Å²) in [5.41, 5.74) is 5.39. The number of nitrogens with zero attached hydrogens (tertiary/aromatic N) is 1. The quantitative estimate of drug-likeness (QED) is 0.847. The Morgan fingerprint density at radius 1 is 0.960 bits per heavy atom. The standard InChI is InChI=1S/C21H22N2O2/c1-14-6-5-7-15(2)20(14)23-19(24)12-18(21(23)25)22-11-10-16-8-3-4-9-17(16)13-22/h3-9,18H,10-13H2,1-2H3/p+1/t18-/m0/s1. The third-order valence-corrected chi connectivity index (χ3v) is 5.55. The number of fused-ring (bicyclic) bond motifs is 1. The molecular formula is C21H23N2O2+. The highest BCUT2D eigenvalue weighted by Crippen LogP contribution is 2.29. The number of benzene rings is 2. The Morgan fingerprint density at radius 2 is 1.64 bits per heavy atom. The van der Waals surface area contributed by atoms with Gasteiger partial charge in [0.1, 0.15) is 6.54 Å². The number of hydrogen-bond acceptors (Lipinski definition) is 2. The molecule has 4 heteroatoms. The number of para-hydroxylation sites is 1. The fraction of sp³-hybridized carbons (Fsp3) is 0.333. The summed E-state index contributed by atoms with van der Waals surface area (Å²) < 4.78 is 0. The molecule has 0 aromatic heterocycles. The number of aryl methyl sites for hydroxylation is 2. The maximum Gasteiger partial charge on any atom is 0.292 e. The SMILES string of the molecule is Cc1cccc(C)c1N1C(=O)C[C@H]([NH+]2CCc3ccccc3C2)C1=O. The number of hydrogen-bond donors (Lipinski definition) is 1. The molecule has 2 aliphatic rings. The molecule has 128 valence electrons. The van der Waals surface area contributed by atoms with Crippen molar-refractivity contribution in [2.24, 2.45) is 0 Å². The van der Waals surface area contributed by atoms with E-state index in [0.29, 0.717) is 6.42 Å². The molecular weight excluding hydrogens is 312 g/mol. The first-order chi connectivity index (χ1) is 12.1. The van der Waals surface area contributed by atoms with Gasteiger partial charge in [0.2, 0.25) is 5.91 Å². The second-order valence-corrected chi connectivity index (χ2v) is 7.17. The molecule has 0 saturated carbocycles. The van der Waals surface area contributed by atoms with Crippen LogP contribution < -0.4 is 9.80 Å². The minimum absolute atomic E-state index is 0.0446. The van der Waals surface area contributed by atoms with Crippen molar-refractivity contribution in [1.29, 1.82) is 0 Å². The minimum atomic E-state index is -0.264. The van der Waals surface area contributed by atoms with Crippen LogP contribution in [0.25, 0.3) is 0 Å². The highest BCUT2D eigenvalue weighted by molar-refractivity contribution is 6.22. The van der Waals surface area contributed by atoms with Gasteiger partial charge in [-0.05, 0) is 30.5 Å². The summed E-state index contributed by atoms with van der Waals surface area (Å²) in [5.74, 6) is -0.115. The second-order valence-electron chi connectivity index (χ2n) is 7.17. The Bertz CT molecular complexity index is 838. The first kappa shape index (κ1) is 16.0. The van der Waals surface area contributed by atoms with Gasteiger partial charge in [0.25, 0.3) is 5.91 Å². The van der Waals surface area contributed by atoms with Gasteiger partial charge in [-0.15, -0.1) is 0 Å². The van der Waals surface area contributed by atoms with Crippen LogP contribution in [-0.4, -0.2) is 24.4 Å². The van der Waals surface area contributed by atoms with E-state index in [0.717, 1.165) is 36.3 Å². The maximum atomic E-state index is 13.1. The molecule has 4 nitrogen and oxygen atoms in total. The highest BCUT2D eigenvalue weighted by Gasteiger charge is 2.47. The second kappa shape index (κ2) is 6.12. The number of imide groups is 1. The normalized spacial score (nSPS) is 23.0. The summed E-state index contributed by atoms with van der Waals surface area (Å²) in [6.07, 6.45) is 1.27. The average molecular weight is 335 g/mol. The number of carbonyl (C=O) groups excluding carboxylic acids is 2. The molecule has 2 aromatic carbocycles. The van der Waals surface area contributed by atoms with Gasteiger partial charge in [0.05, 0.1) is 18.7 Å². The van der Waals surface area contributed by atoms with Crippen molar-refractivity contribution in [3.63, 3.8) is 0 Å². The molecule has 1 N–H and O–H groups in total. The zero-order chi connectivity index (χ0) is 17.6. The van der Waals surface area contributed by atoms with Crippen LogP contribution in [0, 0.1) is 13.8 Å². The van der Waals surface area contributed by atoms with Crippen LogP contribution in [0.5, 0.6) is 0 Å². The van der Waals surface area contributed by atoms with E-state index < -0.39 is 0 Å². The summed E-state index contributed by atoms with van der Waals surface area (Å²) in [6.45, 7) is 5.64. The van der Waals surface area contributed by atoms with Crippen LogP contribution in [0.2, 0.25) is 0 Å². The van der Waals surface area contributed by atoms with Gasteiger partial charge in [-0.2, -0.15) is 0 Å². The number of anilines is 1. The molecule has 0 spiro atoms. The predicted octanol–water partition coefficient (Wildman–Crippen LogP) is 1.58. The monoisotopic (exact) mass is 335 g/mol. The van der Waals surface area contributed by atoms with Gasteiger partial charge in [0.15, 0.2) is 6.04 Å². The lowest BCUT2D eigenvalue weighted by atomic mass is 9.98. The largest absolute Gasteiger partial charge is 0.320 e. The highest BCUT2D eigenvalue weighted by atomic mass is 16.2. The van der Waals surface area contributed by atoms with E-state index in [2.05, 4.69) is 18.2 Å². The van der Waals surface area contributed by atoms with Crippen LogP contribution >= 0.6 is 0 Å². The Hall–Kier alpha value is -2.46. The van der Waals surface area contributed by atoms with Gasteiger partial charge in [-0.25, -0.2) is 4.90 Å². The first-order valence-corrected chi connectivity index (χ1v) is 8.90. The summed E-state index contributed by atoms with van der Waals surface area (Å²) in [6, 6.07) is 14.0. The van der Waals surface area contributed by atoms with E-state index in [4.69, 9.17) is 0 Å². The smallest absolute Gasteiger partial charge is 0.292 e. The van der Waals surface area contributed by atoms with Gasteiger partial charge in [0, 0.05) is 12.0 Å². The summed E-state index contributed by atoms with van der Waals surface area (Å²) >= 11 is 0. The van der Waals surface area contributed by atoms with Crippen molar-refractivity contribution in [3.05, 3.63) is 64.7 Å². The molecule has 0 aliphatic carbocycles. The predicted molar refractivity (Wildman–Crippen MR) is 96.5 cm³/mol. The van der Waals surface area contributed by atoms with Crippen molar-refractivity contribution in [3.8, 4) is 0 Å². The van der Waals surface area contributed by atoms with Gasteiger partial charge in [-0.1, -0.05) is 42.5 Å². The third-order valence-electron chi connectivity index (χ3n) is 5.55. The average Bonchev–Trinajstić information content (AvgIpc) is 2.90. The summed E-state index contributed by atoms with van der Waals surface area (Å²) in [7, 11) is 0. The fourth-order valence-corrected chi connectivity index (χ4v) is 4.24. The lowest BCUT2D eigenvalue weighted by Crippen LogP contribution is -3.16. The molecule has 1 unspecified atom stereocenters. The number of quaternary nitrogens is 1. The van der Waals surface area contributed by atoms with Crippen LogP contribution in [-0.2, 0) is 22.6 Å². The van der Waals surface area contributed by atoms with Crippen molar-refractivity contribution in [2.45, 2.75) is 39.3 Å². The van der Waals surface area contributed by atoms with E-state index in [-0.39, 0.29) is 17.9 Å². The molecule has 25 heavy (non-hydrogen) atoms. The van der Waals surface area contributed by atoms with Gasteiger partial charge < -0.3 is 4.90 Å². The number of nitrogens with one attached hydrogen (secondary N) is 1. The van der Waals surface area contributed by atoms with E-state index in [1.807, 2.05) is 38.1 Å². The lowest BCUT2D eigenvalue weighted by molar-refractivity contribution is -0.930. The molecule has 2 amide bonds. The summed E-state index contributed by atoms with van der Waals surface area (Å²) in [4.78, 5) is 28.4. The van der Waals surface area contributed by atoms with Crippen molar-refractivity contribution < 1.29 is 14.5 Å². The van der Waals surface area contributed by atoms with E-state index in [9.17, 15) is 9.59 Å². The molecule has 1 fully saturated rings. The molecule has 2 aromatic rings. The zero-order valence-electron chi connectivity index (χ0n) is 14.7. The molecule has 0 radical (unpaired) electrons. The van der Waals surface area contributed by atoms with Crippen LogP contribution in [0.1, 0.15) is 28.7 Å². The lowest BCUT2D eigenvalue weighted by Gasteiger charge is -2.29. The maximum absolute atomic E-state index is 13.1. The Balaban J connectivity index is 1.62. The topological polar surface area (TPSA) is 41.8 Å². The van der Waals surface area contributed by atoms with Crippen LogP contribution in [0.15, 0.2) is 42.5 Å². The van der Waals surface area contributed by atoms with Crippen LogP contribution in [0.4, 0.5) is 5.69 Å². The molecule has 1 saturated heterocycles. The van der Waals surface area contributed by atoms with Crippen molar-refractivity contribution in [1.82, 2.24) is 0 Å². The fourth-order valence-electron chi connectivity index (χ4n) is 4.24. The Kier molecular flexibility index (Phi) is 3.92. The number of amides is 2. The third kappa shape index (κ3) is 2.67. The molecule has 2 aliphatic heterocycles. The Labute approximate surface area is 148 Å². The number of carbonyl (C=O) groups is 2. The minimum Gasteiger partial charge on any atom is -0.320 e. The van der Waals surface area contributed by atoms with Crippen molar-refractivity contribution in [2.75, 3.05) is 11.4 Å². The Morgan fingerprint density at radius 3 is 2.36 bits per heavy atom.